The zero-order chi connectivity index (χ0) is 14.6. The SMILES string of the molecule is COCn1c2ccccc2c2c3c(c(C)cc21)CC3C#N. The van der Waals surface area contributed by atoms with E-state index in [0.29, 0.717) is 6.73 Å². The molecule has 3 heteroatoms. The van der Waals surface area contributed by atoms with E-state index in [1.165, 1.54) is 38.5 Å². The van der Waals surface area contributed by atoms with Crippen LogP contribution in [-0.4, -0.2) is 11.7 Å². The molecule has 0 radical (unpaired) electrons. The van der Waals surface area contributed by atoms with Crippen LogP contribution in [0.1, 0.15) is 22.6 Å². The molecule has 0 fully saturated rings. The van der Waals surface area contributed by atoms with Crippen LogP contribution in [0.4, 0.5) is 0 Å². The molecule has 21 heavy (non-hydrogen) atoms. The molecule has 1 aromatic heterocycles. The minimum absolute atomic E-state index is 0.0317. The summed E-state index contributed by atoms with van der Waals surface area (Å²) in [5, 5.41) is 11.8. The lowest BCUT2D eigenvalue weighted by molar-refractivity contribution is 0.138. The Bertz CT molecular complexity index is 914. The second-order valence-corrected chi connectivity index (χ2v) is 5.73. The quantitative estimate of drug-likeness (QED) is 0.712. The first kappa shape index (κ1) is 12.4. The third-order valence-electron chi connectivity index (χ3n) is 4.61. The number of aromatic nitrogens is 1. The van der Waals surface area contributed by atoms with Gasteiger partial charge in [0.05, 0.1) is 23.0 Å². The van der Waals surface area contributed by atoms with E-state index in [4.69, 9.17) is 4.74 Å². The molecule has 1 aliphatic rings. The van der Waals surface area contributed by atoms with Crippen molar-refractivity contribution in [3.05, 3.63) is 47.0 Å². The molecule has 104 valence electrons. The molecule has 0 N–H and O–H groups in total. The Hall–Kier alpha value is -2.31. The van der Waals surface area contributed by atoms with Gasteiger partial charge in [0.25, 0.3) is 0 Å². The summed E-state index contributed by atoms with van der Waals surface area (Å²) in [5.74, 6) is 0.0317. The fourth-order valence-electron chi connectivity index (χ4n) is 3.62. The number of ether oxygens (including phenoxy) is 1. The van der Waals surface area contributed by atoms with Gasteiger partial charge in [-0.1, -0.05) is 18.2 Å². The summed E-state index contributed by atoms with van der Waals surface area (Å²) in [4.78, 5) is 0. The summed E-state index contributed by atoms with van der Waals surface area (Å²) >= 11 is 0. The van der Waals surface area contributed by atoms with Crippen LogP contribution in [0.25, 0.3) is 21.8 Å². The van der Waals surface area contributed by atoms with Gasteiger partial charge >= 0.3 is 0 Å². The van der Waals surface area contributed by atoms with Crippen molar-refractivity contribution in [2.24, 2.45) is 0 Å². The number of aryl methyl sites for hydroxylation is 1. The summed E-state index contributed by atoms with van der Waals surface area (Å²) in [7, 11) is 1.71. The Balaban J connectivity index is 2.21. The first-order valence-electron chi connectivity index (χ1n) is 7.18. The number of rotatable bonds is 2. The van der Waals surface area contributed by atoms with Crippen molar-refractivity contribution in [1.82, 2.24) is 4.57 Å². The molecule has 1 aliphatic carbocycles. The van der Waals surface area contributed by atoms with Crippen molar-refractivity contribution in [3.63, 3.8) is 0 Å². The van der Waals surface area contributed by atoms with Crippen LogP contribution in [0.5, 0.6) is 0 Å². The minimum atomic E-state index is 0.0317. The largest absolute Gasteiger partial charge is 0.364 e. The second kappa shape index (κ2) is 4.34. The molecule has 1 heterocycles. The zero-order valence-electron chi connectivity index (χ0n) is 12.2. The van der Waals surface area contributed by atoms with Crippen molar-refractivity contribution in [2.75, 3.05) is 7.11 Å². The van der Waals surface area contributed by atoms with Crippen molar-refractivity contribution >= 4 is 21.8 Å². The lowest BCUT2D eigenvalue weighted by atomic mass is 9.74. The molecule has 0 amide bonds. The summed E-state index contributed by atoms with van der Waals surface area (Å²) in [6, 6.07) is 13.1. The highest BCUT2D eigenvalue weighted by Crippen LogP contribution is 2.45. The Morgan fingerprint density at radius 1 is 1.33 bits per heavy atom. The zero-order valence-corrected chi connectivity index (χ0v) is 12.2. The van der Waals surface area contributed by atoms with E-state index in [-0.39, 0.29) is 5.92 Å². The number of methoxy groups -OCH3 is 1. The van der Waals surface area contributed by atoms with Crippen LogP contribution in [0.15, 0.2) is 30.3 Å². The average Bonchev–Trinajstić information content (AvgIpc) is 2.74. The van der Waals surface area contributed by atoms with E-state index in [1.54, 1.807) is 7.11 Å². The predicted octanol–water partition coefficient (Wildman–Crippen LogP) is 3.87. The van der Waals surface area contributed by atoms with Gasteiger partial charge in [0.1, 0.15) is 6.73 Å². The van der Waals surface area contributed by atoms with Crippen LogP contribution in [0, 0.1) is 18.3 Å². The van der Waals surface area contributed by atoms with E-state index in [2.05, 4.69) is 41.8 Å². The molecular weight excluding hydrogens is 260 g/mol. The highest BCUT2D eigenvalue weighted by molar-refractivity contribution is 6.11. The van der Waals surface area contributed by atoms with Gasteiger partial charge in [-0.3, -0.25) is 0 Å². The van der Waals surface area contributed by atoms with E-state index in [9.17, 15) is 5.26 Å². The summed E-state index contributed by atoms with van der Waals surface area (Å²) in [6.45, 7) is 2.67. The predicted molar refractivity (Wildman–Crippen MR) is 83.2 cm³/mol. The summed E-state index contributed by atoms with van der Waals surface area (Å²) in [6.07, 6.45) is 0.886. The van der Waals surface area contributed by atoms with Gasteiger partial charge in [-0.25, -0.2) is 0 Å². The van der Waals surface area contributed by atoms with Gasteiger partial charge in [-0.05, 0) is 42.2 Å². The number of nitrogens with zero attached hydrogens (tertiary/aromatic N) is 2. The van der Waals surface area contributed by atoms with Crippen LogP contribution < -0.4 is 0 Å². The molecule has 2 aromatic carbocycles. The normalized spacial score (nSPS) is 16.7. The Morgan fingerprint density at radius 3 is 2.90 bits per heavy atom. The molecule has 1 atom stereocenters. The average molecular weight is 276 g/mol. The van der Waals surface area contributed by atoms with Crippen LogP contribution >= 0.6 is 0 Å². The van der Waals surface area contributed by atoms with E-state index in [0.717, 1.165) is 6.42 Å². The molecule has 3 nitrogen and oxygen atoms in total. The van der Waals surface area contributed by atoms with E-state index >= 15 is 0 Å². The van der Waals surface area contributed by atoms with E-state index in [1.807, 2.05) is 6.07 Å². The maximum absolute atomic E-state index is 9.38. The van der Waals surface area contributed by atoms with Gasteiger partial charge in [-0.15, -0.1) is 0 Å². The summed E-state index contributed by atoms with van der Waals surface area (Å²) in [5.41, 5.74) is 6.22. The van der Waals surface area contributed by atoms with Gasteiger partial charge < -0.3 is 9.30 Å². The molecule has 0 bridgehead atoms. The number of nitriles is 1. The second-order valence-electron chi connectivity index (χ2n) is 5.73. The lowest BCUT2D eigenvalue weighted by Crippen LogP contribution is -2.17. The number of hydrogen-bond donors (Lipinski definition) is 0. The van der Waals surface area contributed by atoms with Gasteiger partial charge in [-0.2, -0.15) is 5.26 Å². The number of fused-ring (bicyclic) bond motifs is 5. The Kier molecular flexibility index (Phi) is 2.57. The fourth-order valence-corrected chi connectivity index (χ4v) is 3.62. The highest BCUT2D eigenvalue weighted by atomic mass is 16.5. The topological polar surface area (TPSA) is 38.0 Å². The standard InChI is InChI=1S/C18H16N2O/c1-11-7-16-18(17-12(9-19)8-14(11)17)13-5-3-4-6-15(13)20(16)10-21-2/h3-7,12H,8,10H2,1-2H3. The van der Waals surface area contributed by atoms with Crippen LogP contribution in [-0.2, 0) is 17.9 Å². The molecule has 1 unspecified atom stereocenters. The number of para-hydroxylation sites is 1. The molecule has 0 saturated carbocycles. The highest BCUT2D eigenvalue weighted by Gasteiger charge is 2.32. The molecule has 3 aromatic rings. The molecule has 4 rings (SSSR count). The number of benzene rings is 2. The third-order valence-corrected chi connectivity index (χ3v) is 4.61. The molecular formula is C18H16N2O. The van der Waals surface area contributed by atoms with Crippen LogP contribution in [0.3, 0.4) is 0 Å². The van der Waals surface area contributed by atoms with Gasteiger partial charge in [0.15, 0.2) is 0 Å². The smallest absolute Gasteiger partial charge is 0.123 e. The van der Waals surface area contributed by atoms with Crippen molar-refractivity contribution in [1.29, 1.82) is 5.26 Å². The third kappa shape index (κ3) is 1.51. The van der Waals surface area contributed by atoms with Crippen molar-refractivity contribution in [3.8, 4) is 6.07 Å². The molecule has 0 spiro atoms. The maximum atomic E-state index is 9.38. The summed E-state index contributed by atoms with van der Waals surface area (Å²) < 4.78 is 7.58. The Labute approximate surface area is 123 Å². The minimum Gasteiger partial charge on any atom is -0.364 e. The molecule has 0 saturated heterocycles. The van der Waals surface area contributed by atoms with Crippen molar-refractivity contribution in [2.45, 2.75) is 26.0 Å². The van der Waals surface area contributed by atoms with Crippen LogP contribution in [0.2, 0.25) is 0 Å². The Morgan fingerprint density at radius 2 is 2.14 bits per heavy atom. The lowest BCUT2D eigenvalue weighted by Gasteiger charge is -2.28. The van der Waals surface area contributed by atoms with Gasteiger partial charge in [0, 0.05) is 17.9 Å². The first-order valence-corrected chi connectivity index (χ1v) is 7.18. The van der Waals surface area contributed by atoms with E-state index < -0.39 is 0 Å². The van der Waals surface area contributed by atoms with Crippen molar-refractivity contribution < 1.29 is 4.74 Å². The fraction of sp³-hybridized carbons (Fsp3) is 0.278. The monoisotopic (exact) mass is 276 g/mol. The molecule has 0 aliphatic heterocycles. The first-order chi connectivity index (χ1) is 10.3. The van der Waals surface area contributed by atoms with Gasteiger partial charge in [0.2, 0.25) is 0 Å². The number of hydrogen-bond acceptors (Lipinski definition) is 2. The maximum Gasteiger partial charge on any atom is 0.123 e.